The highest BCUT2D eigenvalue weighted by Crippen LogP contribution is 2.27. The lowest BCUT2D eigenvalue weighted by Gasteiger charge is -2.16. The van der Waals surface area contributed by atoms with Crippen LogP contribution in [-0.4, -0.2) is 27.7 Å². The minimum Gasteiger partial charge on any atom is -0.465 e. The molecule has 6 nitrogen and oxygen atoms in total. The first kappa shape index (κ1) is 12.7. The molecule has 2 aromatic heterocycles. The van der Waals surface area contributed by atoms with E-state index in [-0.39, 0.29) is 11.9 Å². The molecule has 0 fully saturated rings. The van der Waals surface area contributed by atoms with Gasteiger partial charge < -0.3 is 9.26 Å². The number of rotatable bonds is 4. The summed E-state index contributed by atoms with van der Waals surface area (Å²) in [6.07, 6.45) is 1.65. The summed E-state index contributed by atoms with van der Waals surface area (Å²) in [5, 5.41) is 3.84. The largest absolute Gasteiger partial charge is 0.465 e. The van der Waals surface area contributed by atoms with Gasteiger partial charge in [-0.05, 0) is 20.8 Å². The highest BCUT2D eigenvalue weighted by molar-refractivity contribution is 7.13. The molecule has 2 aromatic rings. The molecule has 0 aliphatic carbocycles. The lowest BCUT2D eigenvalue weighted by molar-refractivity contribution is -0.149. The number of hydrogen-bond acceptors (Lipinski definition) is 7. The highest BCUT2D eigenvalue weighted by Gasteiger charge is 2.37. The van der Waals surface area contributed by atoms with Crippen molar-refractivity contribution in [3.05, 3.63) is 17.6 Å². The Kier molecular flexibility index (Phi) is 3.42. The monoisotopic (exact) mass is 267 g/mol. The van der Waals surface area contributed by atoms with Gasteiger partial charge in [-0.1, -0.05) is 5.16 Å². The van der Waals surface area contributed by atoms with Crippen molar-refractivity contribution in [2.45, 2.75) is 26.2 Å². The van der Waals surface area contributed by atoms with Crippen molar-refractivity contribution in [2.24, 2.45) is 0 Å². The average Bonchev–Trinajstić information content (AvgIpc) is 3.00. The molecule has 0 amide bonds. The third kappa shape index (κ3) is 2.26. The lowest BCUT2D eigenvalue weighted by atomic mass is 9.94. The summed E-state index contributed by atoms with van der Waals surface area (Å²) in [5.41, 5.74) is 0.730. The molecule has 0 aromatic carbocycles. The molecule has 0 aliphatic heterocycles. The number of aromatic nitrogens is 3. The summed E-state index contributed by atoms with van der Waals surface area (Å²) in [6, 6.07) is 0. The molecule has 0 unspecified atom stereocenters. The van der Waals surface area contributed by atoms with Gasteiger partial charge in [-0.15, -0.1) is 11.3 Å². The van der Waals surface area contributed by atoms with Gasteiger partial charge in [0.05, 0.1) is 17.0 Å². The van der Waals surface area contributed by atoms with Crippen LogP contribution < -0.4 is 0 Å². The van der Waals surface area contributed by atoms with Gasteiger partial charge in [-0.25, -0.2) is 0 Å². The van der Waals surface area contributed by atoms with E-state index in [2.05, 4.69) is 15.1 Å². The van der Waals surface area contributed by atoms with Gasteiger partial charge in [0, 0.05) is 6.20 Å². The van der Waals surface area contributed by atoms with Crippen LogP contribution in [0.2, 0.25) is 0 Å². The van der Waals surface area contributed by atoms with Crippen molar-refractivity contribution in [3.8, 4) is 10.7 Å². The molecule has 0 N–H and O–H groups in total. The van der Waals surface area contributed by atoms with Gasteiger partial charge in [0.1, 0.15) is 5.41 Å². The Morgan fingerprint density at radius 3 is 2.94 bits per heavy atom. The summed E-state index contributed by atoms with van der Waals surface area (Å²) in [7, 11) is 0. The maximum Gasteiger partial charge on any atom is 0.321 e. The molecule has 7 heteroatoms. The number of ether oxygens (including phenoxy) is 1. The normalized spacial score (nSPS) is 11.5. The fraction of sp³-hybridized carbons (Fsp3) is 0.455. The zero-order valence-electron chi connectivity index (χ0n) is 10.3. The number of hydrogen-bond donors (Lipinski definition) is 0. The minimum absolute atomic E-state index is 0.240. The fourth-order valence-electron chi connectivity index (χ4n) is 1.30. The molecular weight excluding hydrogens is 254 g/mol. The Morgan fingerprint density at radius 1 is 1.56 bits per heavy atom. The Bertz CT molecular complexity index is 533. The van der Waals surface area contributed by atoms with Crippen molar-refractivity contribution < 1.29 is 14.1 Å². The molecule has 0 saturated carbocycles. The lowest BCUT2D eigenvalue weighted by Crippen LogP contribution is -2.31. The summed E-state index contributed by atoms with van der Waals surface area (Å²) in [4.78, 5) is 20.8. The zero-order chi connectivity index (χ0) is 13.2. The van der Waals surface area contributed by atoms with Crippen LogP contribution in [0.3, 0.4) is 0 Å². The highest BCUT2D eigenvalue weighted by atomic mass is 32.1. The zero-order valence-corrected chi connectivity index (χ0v) is 11.2. The topological polar surface area (TPSA) is 78.1 Å². The van der Waals surface area contributed by atoms with Gasteiger partial charge in [-0.3, -0.25) is 9.78 Å². The molecule has 0 saturated heterocycles. The third-order valence-electron chi connectivity index (χ3n) is 2.40. The molecule has 0 spiro atoms. The summed E-state index contributed by atoms with van der Waals surface area (Å²) in [5.74, 6) is 0.290. The predicted molar refractivity (Wildman–Crippen MR) is 65.1 cm³/mol. The van der Waals surface area contributed by atoms with Crippen LogP contribution in [0.1, 0.15) is 26.7 Å². The van der Waals surface area contributed by atoms with Crippen LogP contribution >= 0.6 is 11.3 Å². The van der Waals surface area contributed by atoms with Crippen molar-refractivity contribution in [3.63, 3.8) is 0 Å². The van der Waals surface area contributed by atoms with E-state index in [1.807, 2.05) is 0 Å². The Balaban J connectivity index is 2.27. The van der Waals surface area contributed by atoms with Crippen molar-refractivity contribution in [1.29, 1.82) is 0 Å². The molecule has 96 valence electrons. The number of esters is 1. The maximum atomic E-state index is 11.8. The molecule has 2 heterocycles. The summed E-state index contributed by atoms with van der Waals surface area (Å²) in [6.45, 7) is 5.45. The second kappa shape index (κ2) is 4.85. The van der Waals surface area contributed by atoms with E-state index in [0.717, 1.165) is 4.88 Å². The van der Waals surface area contributed by atoms with Crippen LogP contribution in [0.4, 0.5) is 0 Å². The number of thiazole rings is 1. The number of carbonyl (C=O) groups is 1. The van der Waals surface area contributed by atoms with E-state index >= 15 is 0 Å². The first-order valence-electron chi connectivity index (χ1n) is 5.46. The third-order valence-corrected chi connectivity index (χ3v) is 3.17. The standard InChI is InChI=1S/C11H13N3O3S/c1-4-16-10(15)11(2,3)9-13-8(14-17-9)7-5-12-6-18-7/h5-6H,4H2,1-3H3. The van der Waals surface area contributed by atoms with Gasteiger partial charge in [0.2, 0.25) is 11.7 Å². The molecule has 18 heavy (non-hydrogen) atoms. The van der Waals surface area contributed by atoms with Crippen LogP contribution in [0, 0.1) is 0 Å². The number of nitrogens with zero attached hydrogens (tertiary/aromatic N) is 3. The van der Waals surface area contributed by atoms with E-state index in [0.29, 0.717) is 12.4 Å². The second-order valence-electron chi connectivity index (χ2n) is 4.13. The van der Waals surface area contributed by atoms with E-state index in [9.17, 15) is 4.79 Å². The second-order valence-corrected chi connectivity index (χ2v) is 5.02. The van der Waals surface area contributed by atoms with Crippen molar-refractivity contribution in [2.75, 3.05) is 6.61 Å². The van der Waals surface area contributed by atoms with Crippen LogP contribution in [0.15, 0.2) is 16.2 Å². The maximum absolute atomic E-state index is 11.8. The Labute approximate surface area is 108 Å². The molecular formula is C11H13N3O3S. The van der Waals surface area contributed by atoms with Crippen LogP contribution in [-0.2, 0) is 14.9 Å². The smallest absolute Gasteiger partial charge is 0.321 e. The van der Waals surface area contributed by atoms with Crippen molar-refractivity contribution >= 4 is 17.3 Å². The first-order valence-corrected chi connectivity index (χ1v) is 6.34. The van der Waals surface area contributed by atoms with E-state index in [1.54, 1.807) is 32.5 Å². The van der Waals surface area contributed by atoms with E-state index in [1.165, 1.54) is 11.3 Å². The Hall–Kier alpha value is -1.76. The van der Waals surface area contributed by atoms with E-state index < -0.39 is 5.41 Å². The SMILES string of the molecule is CCOC(=O)C(C)(C)c1nc(-c2cncs2)no1. The minimum atomic E-state index is -0.952. The Morgan fingerprint density at radius 2 is 2.33 bits per heavy atom. The molecule has 0 atom stereocenters. The average molecular weight is 267 g/mol. The molecule has 2 rings (SSSR count). The fourth-order valence-corrected chi connectivity index (χ4v) is 1.85. The van der Waals surface area contributed by atoms with Gasteiger partial charge >= 0.3 is 5.97 Å². The van der Waals surface area contributed by atoms with Gasteiger partial charge in [0.25, 0.3) is 0 Å². The summed E-state index contributed by atoms with van der Waals surface area (Å²) < 4.78 is 10.1. The molecule has 0 radical (unpaired) electrons. The molecule has 0 bridgehead atoms. The number of carbonyl (C=O) groups excluding carboxylic acids is 1. The van der Waals surface area contributed by atoms with Gasteiger partial charge in [0.15, 0.2) is 0 Å². The van der Waals surface area contributed by atoms with Gasteiger partial charge in [-0.2, -0.15) is 4.98 Å². The van der Waals surface area contributed by atoms with Crippen molar-refractivity contribution in [1.82, 2.24) is 15.1 Å². The quantitative estimate of drug-likeness (QED) is 0.789. The van der Waals surface area contributed by atoms with Crippen LogP contribution in [0.5, 0.6) is 0 Å². The van der Waals surface area contributed by atoms with E-state index in [4.69, 9.17) is 9.26 Å². The predicted octanol–water partition coefficient (Wildman–Crippen LogP) is 2.03. The van der Waals surface area contributed by atoms with Crippen LogP contribution in [0.25, 0.3) is 10.7 Å². The first-order chi connectivity index (χ1) is 8.55. The molecule has 0 aliphatic rings. The summed E-state index contributed by atoms with van der Waals surface area (Å²) >= 11 is 1.41.